The van der Waals surface area contributed by atoms with E-state index in [4.69, 9.17) is 11.6 Å². The van der Waals surface area contributed by atoms with Crippen LogP contribution in [0.4, 0.5) is 0 Å². The predicted molar refractivity (Wildman–Crippen MR) is 50.9 cm³/mol. The second-order valence-electron chi connectivity index (χ2n) is 2.93. The van der Waals surface area contributed by atoms with Gasteiger partial charge in [0.15, 0.2) is 5.78 Å². The largest absolute Gasteiger partial charge is 0.295 e. The summed E-state index contributed by atoms with van der Waals surface area (Å²) in [5.74, 6) is 0.0643. The van der Waals surface area contributed by atoms with Gasteiger partial charge in [0.2, 0.25) is 0 Å². The second-order valence-corrected chi connectivity index (χ2v) is 3.30. The van der Waals surface area contributed by atoms with Gasteiger partial charge in [-0.15, -0.1) is 0 Å². The minimum absolute atomic E-state index is 0.0643. The third-order valence-corrected chi connectivity index (χ3v) is 2.54. The maximum absolute atomic E-state index is 11.1. The lowest BCUT2D eigenvalue weighted by molar-refractivity contribution is 0.101. The molecule has 1 aromatic rings. The van der Waals surface area contributed by atoms with E-state index in [0.717, 1.165) is 11.1 Å². The zero-order valence-electron chi connectivity index (χ0n) is 7.44. The van der Waals surface area contributed by atoms with Gasteiger partial charge in [-0.3, -0.25) is 4.79 Å². The molecule has 0 atom stereocenters. The van der Waals surface area contributed by atoms with Gasteiger partial charge in [0.1, 0.15) is 0 Å². The highest BCUT2D eigenvalue weighted by atomic mass is 35.5. The Labute approximate surface area is 77.4 Å². The van der Waals surface area contributed by atoms with Crippen LogP contribution in [0.2, 0.25) is 5.02 Å². The molecule has 0 aliphatic heterocycles. The quantitative estimate of drug-likeness (QED) is 0.610. The number of carbonyl (C=O) groups excluding carboxylic acids is 1. The maximum Gasteiger partial charge on any atom is 0.160 e. The van der Waals surface area contributed by atoms with Gasteiger partial charge in [-0.05, 0) is 31.9 Å². The van der Waals surface area contributed by atoms with Gasteiger partial charge in [0.25, 0.3) is 0 Å². The Morgan fingerprint density at radius 2 is 1.92 bits per heavy atom. The molecule has 64 valence electrons. The van der Waals surface area contributed by atoms with Crippen molar-refractivity contribution in [3.05, 3.63) is 33.8 Å². The number of carbonyl (C=O) groups is 1. The van der Waals surface area contributed by atoms with Gasteiger partial charge in [0, 0.05) is 10.6 Å². The van der Waals surface area contributed by atoms with E-state index < -0.39 is 0 Å². The fraction of sp³-hybridized carbons (Fsp3) is 0.300. The molecule has 0 aliphatic carbocycles. The summed E-state index contributed by atoms with van der Waals surface area (Å²) in [6.07, 6.45) is 0. The topological polar surface area (TPSA) is 17.1 Å². The summed E-state index contributed by atoms with van der Waals surface area (Å²) in [6.45, 7) is 5.35. The molecule has 0 fully saturated rings. The zero-order valence-corrected chi connectivity index (χ0v) is 8.20. The van der Waals surface area contributed by atoms with Crippen LogP contribution in [-0.4, -0.2) is 5.78 Å². The highest BCUT2D eigenvalue weighted by molar-refractivity contribution is 6.32. The van der Waals surface area contributed by atoms with E-state index in [1.807, 2.05) is 26.0 Å². The number of aryl methyl sites for hydroxylation is 1. The molecule has 0 unspecified atom stereocenters. The standard InChI is InChI=1S/C10H11ClO/c1-6-4-5-9(8(3)12)7(2)10(6)11/h4-5H,1-3H3. The molecule has 0 saturated carbocycles. The second kappa shape index (κ2) is 3.28. The van der Waals surface area contributed by atoms with Crippen LogP contribution in [0.3, 0.4) is 0 Å². The van der Waals surface area contributed by atoms with Crippen molar-refractivity contribution in [2.45, 2.75) is 20.8 Å². The van der Waals surface area contributed by atoms with Gasteiger partial charge in [-0.2, -0.15) is 0 Å². The summed E-state index contributed by atoms with van der Waals surface area (Å²) in [5, 5.41) is 0.697. The average Bonchev–Trinajstić information content (AvgIpc) is 2.00. The van der Waals surface area contributed by atoms with Gasteiger partial charge >= 0.3 is 0 Å². The molecule has 0 heterocycles. The van der Waals surface area contributed by atoms with Crippen LogP contribution in [0.1, 0.15) is 28.4 Å². The third kappa shape index (κ3) is 1.51. The molecular formula is C10H11ClO. The van der Waals surface area contributed by atoms with Gasteiger partial charge < -0.3 is 0 Å². The lowest BCUT2D eigenvalue weighted by atomic mass is 10.0. The molecule has 1 aromatic carbocycles. The number of benzene rings is 1. The first kappa shape index (κ1) is 9.27. The van der Waals surface area contributed by atoms with E-state index in [2.05, 4.69) is 0 Å². The minimum Gasteiger partial charge on any atom is -0.295 e. The molecule has 1 rings (SSSR count). The maximum atomic E-state index is 11.1. The molecule has 2 heteroatoms. The summed E-state index contributed by atoms with van der Waals surface area (Å²) >= 11 is 5.97. The molecule has 0 radical (unpaired) electrons. The van der Waals surface area contributed by atoms with Gasteiger partial charge in [-0.25, -0.2) is 0 Å². The Kier molecular flexibility index (Phi) is 2.53. The molecule has 12 heavy (non-hydrogen) atoms. The van der Waals surface area contributed by atoms with Crippen LogP contribution in [0, 0.1) is 13.8 Å². The van der Waals surface area contributed by atoms with E-state index in [1.165, 1.54) is 0 Å². The normalized spacial score (nSPS) is 10.0. The lowest BCUT2D eigenvalue weighted by Gasteiger charge is -2.05. The monoisotopic (exact) mass is 182 g/mol. The minimum atomic E-state index is 0.0643. The Bertz CT molecular complexity index is 329. The summed E-state index contributed by atoms with van der Waals surface area (Å²) in [7, 11) is 0. The molecule has 0 spiro atoms. The number of hydrogen-bond donors (Lipinski definition) is 0. The van der Waals surface area contributed by atoms with Crippen molar-refractivity contribution in [1.29, 1.82) is 0 Å². The zero-order chi connectivity index (χ0) is 9.30. The Balaban J connectivity index is 3.36. The lowest BCUT2D eigenvalue weighted by Crippen LogP contribution is -1.97. The molecule has 0 aromatic heterocycles. The van der Waals surface area contributed by atoms with Crippen molar-refractivity contribution in [3.8, 4) is 0 Å². The van der Waals surface area contributed by atoms with E-state index in [-0.39, 0.29) is 5.78 Å². The van der Waals surface area contributed by atoms with E-state index >= 15 is 0 Å². The van der Waals surface area contributed by atoms with Crippen molar-refractivity contribution in [3.63, 3.8) is 0 Å². The van der Waals surface area contributed by atoms with Crippen molar-refractivity contribution in [2.24, 2.45) is 0 Å². The molecular weight excluding hydrogens is 172 g/mol. The Morgan fingerprint density at radius 1 is 1.33 bits per heavy atom. The first-order valence-electron chi connectivity index (χ1n) is 3.80. The van der Waals surface area contributed by atoms with Crippen LogP contribution in [-0.2, 0) is 0 Å². The summed E-state index contributed by atoms with van der Waals surface area (Å²) in [6, 6.07) is 3.69. The van der Waals surface area contributed by atoms with Crippen LogP contribution in [0.25, 0.3) is 0 Å². The van der Waals surface area contributed by atoms with Crippen LogP contribution < -0.4 is 0 Å². The summed E-state index contributed by atoms with van der Waals surface area (Å²) < 4.78 is 0. The molecule has 0 bridgehead atoms. The first-order valence-corrected chi connectivity index (χ1v) is 4.18. The van der Waals surface area contributed by atoms with Crippen LogP contribution >= 0.6 is 11.6 Å². The number of halogens is 1. The number of ketones is 1. The highest BCUT2D eigenvalue weighted by Gasteiger charge is 2.07. The summed E-state index contributed by atoms with van der Waals surface area (Å²) in [4.78, 5) is 11.1. The fourth-order valence-corrected chi connectivity index (χ4v) is 1.37. The molecule has 0 aliphatic rings. The Hall–Kier alpha value is -0.820. The van der Waals surface area contributed by atoms with Crippen molar-refractivity contribution in [1.82, 2.24) is 0 Å². The van der Waals surface area contributed by atoms with Crippen LogP contribution in [0.5, 0.6) is 0 Å². The third-order valence-electron chi connectivity index (χ3n) is 1.96. The number of Topliss-reactive ketones (excluding diaryl/α,β-unsaturated/α-hetero) is 1. The van der Waals surface area contributed by atoms with Gasteiger partial charge in [-0.1, -0.05) is 23.7 Å². The highest BCUT2D eigenvalue weighted by Crippen LogP contribution is 2.23. The number of hydrogen-bond acceptors (Lipinski definition) is 1. The molecule has 0 N–H and O–H groups in total. The van der Waals surface area contributed by atoms with Crippen molar-refractivity contribution in [2.75, 3.05) is 0 Å². The predicted octanol–water partition coefficient (Wildman–Crippen LogP) is 3.16. The first-order chi connectivity index (χ1) is 5.54. The number of rotatable bonds is 1. The van der Waals surface area contributed by atoms with E-state index in [0.29, 0.717) is 10.6 Å². The molecule has 0 saturated heterocycles. The van der Waals surface area contributed by atoms with E-state index in [1.54, 1.807) is 6.92 Å². The average molecular weight is 183 g/mol. The molecule has 0 amide bonds. The Morgan fingerprint density at radius 3 is 2.42 bits per heavy atom. The van der Waals surface area contributed by atoms with Gasteiger partial charge in [0.05, 0.1) is 0 Å². The fourth-order valence-electron chi connectivity index (χ4n) is 1.20. The molecule has 1 nitrogen and oxygen atoms in total. The smallest absolute Gasteiger partial charge is 0.160 e. The summed E-state index contributed by atoms with van der Waals surface area (Å²) in [5.41, 5.74) is 2.61. The SMILES string of the molecule is CC(=O)c1ccc(C)c(Cl)c1C. The van der Waals surface area contributed by atoms with Crippen molar-refractivity contribution < 1.29 is 4.79 Å². The van der Waals surface area contributed by atoms with Crippen LogP contribution in [0.15, 0.2) is 12.1 Å². The van der Waals surface area contributed by atoms with E-state index in [9.17, 15) is 4.79 Å². The van der Waals surface area contributed by atoms with Crippen molar-refractivity contribution >= 4 is 17.4 Å².